The molecule has 0 aromatic heterocycles. The van der Waals surface area contributed by atoms with Crippen LogP contribution >= 0.6 is 0 Å². The molecule has 0 aliphatic carbocycles. The van der Waals surface area contributed by atoms with Gasteiger partial charge in [0.15, 0.2) is 6.10 Å². The standard InChI is InChI=1S/C7H10O6/c8-3-1-11-6-4(13-7(9)10)2-12-5(3)6/h3-6,8H,1-2H2,(H,9,10)/t3-,4-,5-,6-/m1/s1. The molecular formula is C7H10O6. The van der Waals surface area contributed by atoms with Gasteiger partial charge in [-0.2, -0.15) is 0 Å². The molecule has 2 aliphatic heterocycles. The van der Waals surface area contributed by atoms with Crippen LogP contribution in [-0.2, 0) is 14.2 Å². The summed E-state index contributed by atoms with van der Waals surface area (Å²) < 4.78 is 14.8. The third-order valence-corrected chi connectivity index (χ3v) is 2.23. The van der Waals surface area contributed by atoms with Gasteiger partial charge in [0.25, 0.3) is 0 Å². The van der Waals surface area contributed by atoms with E-state index in [1.165, 1.54) is 0 Å². The van der Waals surface area contributed by atoms with Crippen molar-refractivity contribution in [2.24, 2.45) is 0 Å². The monoisotopic (exact) mass is 190 g/mol. The Morgan fingerprint density at radius 3 is 2.69 bits per heavy atom. The van der Waals surface area contributed by atoms with Crippen LogP contribution in [0.25, 0.3) is 0 Å². The predicted molar refractivity (Wildman–Crippen MR) is 38.4 cm³/mol. The van der Waals surface area contributed by atoms with E-state index in [-0.39, 0.29) is 13.2 Å². The fourth-order valence-corrected chi connectivity index (χ4v) is 1.67. The molecule has 0 saturated carbocycles. The quantitative estimate of drug-likeness (QED) is 0.527. The molecule has 0 aromatic rings. The zero-order valence-corrected chi connectivity index (χ0v) is 6.75. The largest absolute Gasteiger partial charge is 0.506 e. The Kier molecular flexibility index (Phi) is 2.10. The molecule has 2 aliphatic rings. The van der Waals surface area contributed by atoms with Gasteiger partial charge in [-0.3, -0.25) is 0 Å². The summed E-state index contributed by atoms with van der Waals surface area (Å²) in [7, 11) is 0. The van der Waals surface area contributed by atoms with E-state index in [0.717, 1.165) is 0 Å². The van der Waals surface area contributed by atoms with Gasteiger partial charge in [0.05, 0.1) is 13.2 Å². The van der Waals surface area contributed by atoms with Crippen molar-refractivity contribution in [2.75, 3.05) is 13.2 Å². The molecule has 2 fully saturated rings. The maximum absolute atomic E-state index is 10.2. The third kappa shape index (κ3) is 1.48. The second-order valence-electron chi connectivity index (χ2n) is 3.09. The zero-order chi connectivity index (χ0) is 9.42. The van der Waals surface area contributed by atoms with Crippen molar-refractivity contribution < 1.29 is 29.2 Å². The number of fused-ring (bicyclic) bond motifs is 1. The van der Waals surface area contributed by atoms with E-state index in [0.29, 0.717) is 0 Å². The summed E-state index contributed by atoms with van der Waals surface area (Å²) in [5.74, 6) is 0. The van der Waals surface area contributed by atoms with E-state index in [1.807, 2.05) is 0 Å². The van der Waals surface area contributed by atoms with Crippen molar-refractivity contribution in [3.8, 4) is 0 Å². The SMILES string of the molecule is O=C(O)O[C@@H]1CO[C@H]2[C@@H]1OC[C@H]2O. The van der Waals surface area contributed by atoms with Crippen LogP contribution in [0.3, 0.4) is 0 Å². The average molecular weight is 190 g/mol. The Labute approximate surface area is 74.0 Å². The first kappa shape index (κ1) is 8.74. The van der Waals surface area contributed by atoms with Crippen LogP contribution in [0, 0.1) is 0 Å². The van der Waals surface area contributed by atoms with Crippen LogP contribution in [0.15, 0.2) is 0 Å². The van der Waals surface area contributed by atoms with Gasteiger partial charge in [-0.15, -0.1) is 0 Å². The van der Waals surface area contributed by atoms with Gasteiger partial charge in [-0.1, -0.05) is 0 Å². The highest BCUT2D eigenvalue weighted by atomic mass is 16.7. The lowest BCUT2D eigenvalue weighted by atomic mass is 10.1. The molecule has 0 amide bonds. The Hall–Kier alpha value is -0.850. The number of carboxylic acid groups (broad SMARTS) is 1. The Balaban J connectivity index is 1.98. The van der Waals surface area contributed by atoms with Gasteiger partial charge in [-0.05, 0) is 0 Å². The second-order valence-corrected chi connectivity index (χ2v) is 3.09. The van der Waals surface area contributed by atoms with Crippen molar-refractivity contribution in [1.29, 1.82) is 0 Å². The first-order valence-electron chi connectivity index (χ1n) is 3.99. The van der Waals surface area contributed by atoms with Crippen LogP contribution in [0.4, 0.5) is 4.79 Å². The Morgan fingerprint density at radius 1 is 1.31 bits per heavy atom. The molecule has 0 unspecified atom stereocenters. The van der Waals surface area contributed by atoms with Crippen LogP contribution in [0.2, 0.25) is 0 Å². The molecule has 0 radical (unpaired) electrons. The van der Waals surface area contributed by atoms with E-state index in [9.17, 15) is 9.90 Å². The van der Waals surface area contributed by atoms with Gasteiger partial charge >= 0.3 is 6.16 Å². The van der Waals surface area contributed by atoms with Gasteiger partial charge in [-0.25, -0.2) is 4.79 Å². The average Bonchev–Trinajstić information content (AvgIpc) is 2.56. The number of ether oxygens (including phenoxy) is 3. The molecule has 2 heterocycles. The van der Waals surface area contributed by atoms with Gasteiger partial charge in [0, 0.05) is 0 Å². The fourth-order valence-electron chi connectivity index (χ4n) is 1.67. The van der Waals surface area contributed by atoms with E-state index >= 15 is 0 Å². The number of hydrogen-bond donors (Lipinski definition) is 2. The lowest BCUT2D eigenvalue weighted by Crippen LogP contribution is -2.33. The molecule has 13 heavy (non-hydrogen) atoms. The van der Waals surface area contributed by atoms with E-state index in [1.54, 1.807) is 0 Å². The van der Waals surface area contributed by atoms with Crippen LogP contribution in [-0.4, -0.2) is 54.0 Å². The predicted octanol–water partition coefficient (Wildman–Crippen LogP) is -0.792. The van der Waals surface area contributed by atoms with E-state index in [4.69, 9.17) is 14.6 Å². The number of aliphatic hydroxyl groups excluding tert-OH is 1. The number of aliphatic hydroxyl groups is 1. The maximum atomic E-state index is 10.2. The highest BCUT2D eigenvalue weighted by Gasteiger charge is 2.48. The summed E-state index contributed by atoms with van der Waals surface area (Å²) in [5, 5.41) is 17.7. The molecule has 0 spiro atoms. The zero-order valence-electron chi connectivity index (χ0n) is 6.75. The Morgan fingerprint density at radius 2 is 2.00 bits per heavy atom. The molecule has 0 aromatic carbocycles. The molecule has 2 rings (SSSR count). The highest BCUT2D eigenvalue weighted by molar-refractivity contribution is 5.57. The summed E-state index contributed by atoms with van der Waals surface area (Å²) >= 11 is 0. The molecule has 0 bridgehead atoms. The lowest BCUT2D eigenvalue weighted by Gasteiger charge is -2.13. The van der Waals surface area contributed by atoms with E-state index in [2.05, 4.69) is 4.74 Å². The van der Waals surface area contributed by atoms with Gasteiger partial charge in [0.2, 0.25) is 0 Å². The van der Waals surface area contributed by atoms with Crippen molar-refractivity contribution in [3.05, 3.63) is 0 Å². The molecule has 2 N–H and O–H groups in total. The third-order valence-electron chi connectivity index (χ3n) is 2.23. The summed E-state index contributed by atoms with van der Waals surface area (Å²) in [6.07, 6.45) is -3.53. The highest BCUT2D eigenvalue weighted by Crippen LogP contribution is 2.28. The van der Waals surface area contributed by atoms with Crippen molar-refractivity contribution >= 4 is 6.16 Å². The summed E-state index contributed by atoms with van der Waals surface area (Å²) in [4.78, 5) is 10.2. The number of hydrogen-bond acceptors (Lipinski definition) is 5. The summed E-state index contributed by atoms with van der Waals surface area (Å²) in [6, 6.07) is 0. The van der Waals surface area contributed by atoms with Crippen LogP contribution in [0.5, 0.6) is 0 Å². The number of rotatable bonds is 1. The smallest absolute Gasteiger partial charge is 0.450 e. The first-order chi connectivity index (χ1) is 6.18. The fraction of sp³-hybridized carbons (Fsp3) is 0.857. The van der Waals surface area contributed by atoms with E-state index < -0.39 is 30.6 Å². The van der Waals surface area contributed by atoms with Crippen molar-refractivity contribution in [2.45, 2.75) is 24.4 Å². The molecule has 6 heteroatoms. The van der Waals surface area contributed by atoms with Crippen molar-refractivity contribution in [1.82, 2.24) is 0 Å². The molecular weight excluding hydrogens is 180 g/mol. The summed E-state index contributed by atoms with van der Waals surface area (Å²) in [6.45, 7) is 0.327. The Bertz CT molecular complexity index is 217. The maximum Gasteiger partial charge on any atom is 0.506 e. The minimum Gasteiger partial charge on any atom is -0.450 e. The normalized spacial score (nSPS) is 43.2. The first-order valence-corrected chi connectivity index (χ1v) is 3.99. The van der Waals surface area contributed by atoms with Gasteiger partial charge < -0.3 is 24.4 Å². The molecule has 2 saturated heterocycles. The summed E-state index contributed by atoms with van der Waals surface area (Å²) in [5.41, 5.74) is 0. The second kappa shape index (κ2) is 3.13. The minimum absolute atomic E-state index is 0.151. The van der Waals surface area contributed by atoms with Crippen molar-refractivity contribution in [3.63, 3.8) is 0 Å². The van der Waals surface area contributed by atoms with Crippen LogP contribution in [0.1, 0.15) is 0 Å². The lowest BCUT2D eigenvalue weighted by molar-refractivity contribution is -0.0214. The molecule has 74 valence electrons. The number of carbonyl (C=O) groups is 1. The molecule has 4 atom stereocenters. The van der Waals surface area contributed by atoms with Crippen LogP contribution < -0.4 is 0 Å². The molecule has 6 nitrogen and oxygen atoms in total. The minimum atomic E-state index is -1.35. The van der Waals surface area contributed by atoms with Gasteiger partial charge in [0.1, 0.15) is 18.3 Å². The topological polar surface area (TPSA) is 85.2 Å².